The summed E-state index contributed by atoms with van der Waals surface area (Å²) in [6.45, 7) is 10.5. The second-order valence-electron chi connectivity index (χ2n) is 7.62. The maximum Gasteiger partial charge on any atom is 0.328 e. The van der Waals surface area contributed by atoms with Crippen LogP contribution in [0.2, 0.25) is 0 Å². The van der Waals surface area contributed by atoms with Gasteiger partial charge in [-0.3, -0.25) is 4.79 Å². The van der Waals surface area contributed by atoms with Crippen LogP contribution < -0.4 is 0 Å². The lowest BCUT2D eigenvalue weighted by Gasteiger charge is -2.43. The van der Waals surface area contributed by atoms with Gasteiger partial charge in [0.2, 0.25) is 5.91 Å². The van der Waals surface area contributed by atoms with Crippen LogP contribution in [-0.4, -0.2) is 84.3 Å². The molecular formula is C19H31N3O5. The van der Waals surface area contributed by atoms with Crippen LogP contribution in [0.5, 0.6) is 0 Å². The molecule has 2 aliphatic rings. The molecule has 2 saturated heterocycles. The minimum absolute atomic E-state index is 0.0563. The van der Waals surface area contributed by atoms with Crippen molar-refractivity contribution in [3.05, 3.63) is 12.7 Å². The van der Waals surface area contributed by atoms with E-state index < -0.39 is 17.6 Å². The van der Waals surface area contributed by atoms with Gasteiger partial charge >= 0.3 is 12.0 Å². The molecule has 0 N–H and O–H groups in total. The van der Waals surface area contributed by atoms with Crippen molar-refractivity contribution in [3.8, 4) is 0 Å². The normalized spacial score (nSPS) is 22.7. The molecule has 2 atom stereocenters. The summed E-state index contributed by atoms with van der Waals surface area (Å²) >= 11 is 0. The Labute approximate surface area is 161 Å². The Kier molecular flexibility index (Phi) is 6.51. The van der Waals surface area contributed by atoms with Gasteiger partial charge in [0.25, 0.3) is 0 Å². The minimum atomic E-state index is -0.624. The SMILES string of the molecule is C=CC(=O)N1COC2(CCN(C(=O)N(C)[C@H](C(=O)OC)C(C)C)CC2)[C@@H]1C. The number of hydrogen-bond donors (Lipinski definition) is 0. The van der Waals surface area contributed by atoms with Crippen LogP contribution in [0.25, 0.3) is 0 Å². The number of hydrogen-bond acceptors (Lipinski definition) is 5. The molecule has 2 rings (SSSR count). The molecule has 152 valence electrons. The van der Waals surface area contributed by atoms with Crippen LogP contribution in [0.1, 0.15) is 33.6 Å². The molecule has 0 aromatic carbocycles. The Hall–Kier alpha value is -2.09. The van der Waals surface area contributed by atoms with Crippen LogP contribution in [0.15, 0.2) is 12.7 Å². The first-order chi connectivity index (χ1) is 12.7. The van der Waals surface area contributed by atoms with E-state index in [-0.39, 0.29) is 30.6 Å². The zero-order valence-corrected chi connectivity index (χ0v) is 16.9. The maximum atomic E-state index is 12.9. The number of amides is 3. The zero-order chi connectivity index (χ0) is 20.4. The fraction of sp³-hybridized carbons (Fsp3) is 0.737. The van der Waals surface area contributed by atoms with Crippen molar-refractivity contribution in [2.75, 3.05) is 34.0 Å². The molecule has 0 unspecified atom stereocenters. The zero-order valence-electron chi connectivity index (χ0n) is 16.9. The summed E-state index contributed by atoms with van der Waals surface area (Å²) in [6, 6.07) is -0.893. The van der Waals surface area contributed by atoms with Gasteiger partial charge in [0.15, 0.2) is 0 Å². The van der Waals surface area contributed by atoms with Gasteiger partial charge in [-0.05, 0) is 31.8 Å². The number of piperidine rings is 1. The van der Waals surface area contributed by atoms with Crippen LogP contribution in [-0.2, 0) is 19.1 Å². The van der Waals surface area contributed by atoms with E-state index in [9.17, 15) is 14.4 Å². The van der Waals surface area contributed by atoms with E-state index in [1.165, 1.54) is 18.1 Å². The molecular weight excluding hydrogens is 350 g/mol. The molecule has 2 heterocycles. The van der Waals surface area contributed by atoms with Gasteiger partial charge in [0.1, 0.15) is 12.8 Å². The topological polar surface area (TPSA) is 79.4 Å². The summed E-state index contributed by atoms with van der Waals surface area (Å²) in [5.41, 5.74) is -0.437. The van der Waals surface area contributed by atoms with E-state index in [2.05, 4.69) is 6.58 Å². The highest BCUT2D eigenvalue weighted by atomic mass is 16.5. The lowest BCUT2D eigenvalue weighted by atomic mass is 9.85. The highest BCUT2D eigenvalue weighted by Crippen LogP contribution is 2.37. The molecule has 0 aliphatic carbocycles. The molecule has 2 fully saturated rings. The van der Waals surface area contributed by atoms with Gasteiger partial charge in [0.05, 0.1) is 18.8 Å². The molecule has 0 aromatic rings. The standard InChI is InChI=1S/C19H31N3O5/c1-7-15(23)22-12-27-19(14(22)4)8-10-21(11-9-19)18(25)20(5)16(13(2)3)17(24)26-6/h7,13-14,16H,1,8-12H2,2-6H3/t14-,16-/m0/s1. The van der Waals surface area contributed by atoms with Crippen LogP contribution in [0, 0.1) is 5.92 Å². The predicted molar refractivity (Wildman–Crippen MR) is 99.8 cm³/mol. The second kappa shape index (κ2) is 8.29. The van der Waals surface area contributed by atoms with Crippen molar-refractivity contribution >= 4 is 17.9 Å². The Morgan fingerprint density at radius 3 is 2.37 bits per heavy atom. The molecule has 0 saturated carbocycles. The van der Waals surface area contributed by atoms with Crippen LogP contribution in [0.4, 0.5) is 4.79 Å². The van der Waals surface area contributed by atoms with Gasteiger partial charge < -0.3 is 24.2 Å². The number of methoxy groups -OCH3 is 1. The first-order valence-corrected chi connectivity index (χ1v) is 9.35. The second-order valence-corrected chi connectivity index (χ2v) is 7.62. The summed E-state index contributed by atoms with van der Waals surface area (Å²) in [5, 5.41) is 0. The summed E-state index contributed by atoms with van der Waals surface area (Å²) in [7, 11) is 2.96. The van der Waals surface area contributed by atoms with Gasteiger partial charge in [-0.1, -0.05) is 20.4 Å². The highest BCUT2D eigenvalue weighted by molar-refractivity contribution is 5.87. The van der Waals surface area contributed by atoms with Crippen molar-refractivity contribution < 1.29 is 23.9 Å². The van der Waals surface area contributed by atoms with Crippen molar-refractivity contribution in [1.82, 2.24) is 14.7 Å². The van der Waals surface area contributed by atoms with Gasteiger partial charge in [-0.15, -0.1) is 0 Å². The smallest absolute Gasteiger partial charge is 0.328 e. The Balaban J connectivity index is 2.02. The van der Waals surface area contributed by atoms with Crippen LogP contribution in [0.3, 0.4) is 0 Å². The molecule has 0 radical (unpaired) electrons. The largest absolute Gasteiger partial charge is 0.467 e. The average molecular weight is 381 g/mol. The molecule has 27 heavy (non-hydrogen) atoms. The number of ether oxygens (including phenoxy) is 2. The van der Waals surface area contributed by atoms with Crippen molar-refractivity contribution in [1.29, 1.82) is 0 Å². The number of carbonyl (C=O) groups is 3. The summed E-state index contributed by atoms with van der Waals surface area (Å²) in [6.07, 6.45) is 2.57. The molecule has 8 heteroatoms. The predicted octanol–water partition coefficient (Wildman–Crippen LogP) is 1.46. The number of urea groups is 1. The lowest BCUT2D eigenvalue weighted by Crippen LogP contribution is -2.57. The van der Waals surface area contributed by atoms with Crippen molar-refractivity contribution in [2.24, 2.45) is 5.92 Å². The fourth-order valence-corrected chi connectivity index (χ4v) is 4.07. The quantitative estimate of drug-likeness (QED) is 0.544. The molecule has 8 nitrogen and oxygen atoms in total. The Morgan fingerprint density at radius 2 is 1.89 bits per heavy atom. The van der Waals surface area contributed by atoms with E-state index in [1.54, 1.807) is 16.8 Å². The number of likely N-dealkylation sites (tertiary alicyclic amines) is 1. The van der Waals surface area contributed by atoms with Crippen molar-refractivity contribution in [3.63, 3.8) is 0 Å². The summed E-state index contributed by atoms with van der Waals surface area (Å²) in [4.78, 5) is 41.8. The van der Waals surface area contributed by atoms with E-state index in [1.807, 2.05) is 20.8 Å². The number of carbonyl (C=O) groups excluding carboxylic acids is 3. The first kappa shape index (κ1) is 21.2. The first-order valence-electron chi connectivity index (χ1n) is 9.35. The van der Waals surface area contributed by atoms with Crippen LogP contribution >= 0.6 is 0 Å². The third-order valence-electron chi connectivity index (χ3n) is 5.85. The molecule has 0 aromatic heterocycles. The minimum Gasteiger partial charge on any atom is -0.467 e. The van der Waals surface area contributed by atoms with Gasteiger partial charge in [0, 0.05) is 20.1 Å². The average Bonchev–Trinajstić information content (AvgIpc) is 2.97. The number of esters is 1. The number of rotatable bonds is 4. The molecule has 0 bridgehead atoms. The van der Waals surface area contributed by atoms with E-state index in [4.69, 9.17) is 9.47 Å². The monoisotopic (exact) mass is 381 g/mol. The van der Waals surface area contributed by atoms with E-state index in [0.717, 1.165) is 0 Å². The Bertz CT molecular complexity index is 598. The molecule has 3 amide bonds. The fourth-order valence-electron chi connectivity index (χ4n) is 4.07. The van der Waals surface area contributed by atoms with E-state index >= 15 is 0 Å². The highest BCUT2D eigenvalue weighted by Gasteiger charge is 2.50. The molecule has 2 aliphatic heterocycles. The summed E-state index contributed by atoms with van der Waals surface area (Å²) in [5.74, 6) is -0.615. The molecule has 1 spiro atoms. The van der Waals surface area contributed by atoms with Gasteiger partial charge in [-0.2, -0.15) is 0 Å². The van der Waals surface area contributed by atoms with E-state index in [0.29, 0.717) is 25.9 Å². The maximum absolute atomic E-state index is 12.9. The summed E-state index contributed by atoms with van der Waals surface area (Å²) < 4.78 is 10.8. The third-order valence-corrected chi connectivity index (χ3v) is 5.85. The number of nitrogens with zero attached hydrogens (tertiary/aromatic N) is 3. The Morgan fingerprint density at radius 1 is 1.30 bits per heavy atom. The number of likely N-dealkylation sites (N-methyl/N-ethyl adjacent to an activating group) is 1. The van der Waals surface area contributed by atoms with Gasteiger partial charge in [-0.25, -0.2) is 9.59 Å². The van der Waals surface area contributed by atoms with Crippen molar-refractivity contribution in [2.45, 2.75) is 51.3 Å². The third kappa shape index (κ3) is 3.95. The lowest BCUT2D eigenvalue weighted by molar-refractivity contribution is -0.147.